The van der Waals surface area contributed by atoms with Gasteiger partial charge in [0.2, 0.25) is 5.91 Å². The van der Waals surface area contributed by atoms with Crippen molar-refractivity contribution in [2.24, 2.45) is 5.92 Å². The van der Waals surface area contributed by atoms with E-state index in [0.717, 1.165) is 51.1 Å². The minimum absolute atomic E-state index is 0.104. The Labute approximate surface area is 156 Å². The van der Waals surface area contributed by atoms with Crippen molar-refractivity contribution in [3.63, 3.8) is 0 Å². The number of likely N-dealkylation sites (tertiary alicyclic amines) is 1. The number of thiazole rings is 1. The van der Waals surface area contributed by atoms with Crippen molar-refractivity contribution in [2.45, 2.75) is 31.3 Å². The number of aromatic nitrogens is 1. The quantitative estimate of drug-likeness (QED) is 0.787. The zero-order chi connectivity index (χ0) is 18.1. The number of nitrogens with zero attached hydrogens (tertiary/aromatic N) is 3. The summed E-state index contributed by atoms with van der Waals surface area (Å²) in [5.41, 5.74) is -0.563. The van der Waals surface area contributed by atoms with E-state index in [1.165, 1.54) is 4.88 Å². The van der Waals surface area contributed by atoms with Gasteiger partial charge in [-0.15, -0.1) is 11.3 Å². The molecule has 0 saturated carbocycles. The fraction of sp³-hybridized carbons (Fsp3) is 0.706. The number of anilines is 1. The Bertz CT molecular complexity index is 680. The molecule has 1 aromatic heterocycles. The van der Waals surface area contributed by atoms with E-state index in [1.54, 1.807) is 11.3 Å². The Kier molecular flexibility index (Phi) is 4.85. The molecule has 3 aliphatic heterocycles. The van der Waals surface area contributed by atoms with Crippen LogP contribution in [0.1, 0.15) is 24.1 Å². The second kappa shape index (κ2) is 7.13. The number of carbonyl (C=O) groups is 2. The van der Waals surface area contributed by atoms with E-state index in [-0.39, 0.29) is 12.3 Å². The van der Waals surface area contributed by atoms with Crippen LogP contribution >= 0.6 is 11.3 Å². The highest BCUT2D eigenvalue weighted by Gasteiger charge is 2.51. The summed E-state index contributed by atoms with van der Waals surface area (Å²) >= 11 is 1.72. The lowest BCUT2D eigenvalue weighted by molar-refractivity contribution is -0.144. The van der Waals surface area contributed by atoms with Crippen molar-refractivity contribution in [1.82, 2.24) is 15.2 Å². The van der Waals surface area contributed by atoms with Crippen molar-refractivity contribution in [3.8, 4) is 0 Å². The summed E-state index contributed by atoms with van der Waals surface area (Å²) in [6.07, 6.45) is 3.42. The molecule has 9 heteroatoms. The normalized spacial score (nSPS) is 26.2. The number of carbonyl (C=O) groups excluding carboxylic acids is 1. The van der Waals surface area contributed by atoms with E-state index in [4.69, 9.17) is 4.74 Å². The highest BCUT2D eigenvalue weighted by Crippen LogP contribution is 2.37. The first-order valence-corrected chi connectivity index (χ1v) is 9.91. The van der Waals surface area contributed by atoms with Crippen LogP contribution in [0.2, 0.25) is 0 Å². The maximum absolute atomic E-state index is 11.7. The monoisotopic (exact) mass is 380 g/mol. The molecule has 26 heavy (non-hydrogen) atoms. The van der Waals surface area contributed by atoms with Crippen LogP contribution in [-0.2, 0) is 20.9 Å². The van der Waals surface area contributed by atoms with Crippen LogP contribution in [0.5, 0.6) is 0 Å². The predicted octanol–water partition coefficient (Wildman–Crippen LogP) is 0.535. The van der Waals surface area contributed by atoms with Gasteiger partial charge in [-0.2, -0.15) is 0 Å². The third kappa shape index (κ3) is 3.43. The number of hydrogen-bond donors (Lipinski definition) is 2. The lowest BCUT2D eigenvalue weighted by Gasteiger charge is -2.41. The van der Waals surface area contributed by atoms with E-state index >= 15 is 0 Å². The molecule has 142 valence electrons. The number of aliphatic carboxylic acids is 1. The van der Waals surface area contributed by atoms with Gasteiger partial charge in [-0.1, -0.05) is 0 Å². The van der Waals surface area contributed by atoms with Gasteiger partial charge in [-0.3, -0.25) is 14.5 Å². The van der Waals surface area contributed by atoms with Crippen molar-refractivity contribution in [3.05, 3.63) is 11.1 Å². The molecule has 0 aliphatic carbocycles. The van der Waals surface area contributed by atoms with E-state index < -0.39 is 17.4 Å². The van der Waals surface area contributed by atoms with Crippen LogP contribution in [-0.4, -0.2) is 71.8 Å². The zero-order valence-electron chi connectivity index (χ0n) is 14.6. The van der Waals surface area contributed by atoms with Crippen molar-refractivity contribution < 1.29 is 19.4 Å². The Balaban J connectivity index is 1.35. The number of ether oxygens (including phenoxy) is 1. The minimum atomic E-state index is -0.866. The van der Waals surface area contributed by atoms with Gasteiger partial charge in [0.15, 0.2) is 5.13 Å². The molecule has 3 saturated heterocycles. The lowest BCUT2D eigenvalue weighted by atomic mass is 9.78. The standard InChI is InChI=1S/C17H24N4O4S/c22-14-9-13(15(23)24)17(19-14)1-3-20(4-2-17)11-12-10-18-16(26-12)21-5-7-25-8-6-21/h10,13H,1-9,11H2,(H,19,22)(H,23,24)/t13-/m1/s1. The second-order valence-corrected chi connectivity index (χ2v) is 8.38. The number of nitrogens with one attached hydrogen (secondary N) is 1. The molecule has 1 aromatic rings. The molecule has 0 unspecified atom stereocenters. The number of rotatable bonds is 4. The van der Waals surface area contributed by atoms with Crippen LogP contribution in [0.3, 0.4) is 0 Å². The SMILES string of the molecule is O=C1C[C@H](C(=O)O)C2(CCN(Cc3cnc(N4CCOCC4)s3)CC2)N1. The summed E-state index contributed by atoms with van der Waals surface area (Å²) in [6.45, 7) is 5.66. The van der Waals surface area contributed by atoms with Gasteiger partial charge < -0.3 is 20.1 Å². The van der Waals surface area contributed by atoms with Gasteiger partial charge in [-0.25, -0.2) is 4.98 Å². The molecule has 0 bridgehead atoms. The molecular weight excluding hydrogens is 356 g/mol. The summed E-state index contributed by atoms with van der Waals surface area (Å²) < 4.78 is 5.38. The molecule has 1 spiro atoms. The Morgan fingerprint density at radius 3 is 2.77 bits per heavy atom. The largest absolute Gasteiger partial charge is 0.481 e. The number of carboxylic acid groups (broad SMARTS) is 1. The highest BCUT2D eigenvalue weighted by molar-refractivity contribution is 7.15. The zero-order valence-corrected chi connectivity index (χ0v) is 15.5. The van der Waals surface area contributed by atoms with Crippen LogP contribution in [0.25, 0.3) is 0 Å². The van der Waals surface area contributed by atoms with Gasteiger partial charge >= 0.3 is 5.97 Å². The number of hydrogen-bond acceptors (Lipinski definition) is 7. The van der Waals surface area contributed by atoms with Gasteiger partial charge in [0.1, 0.15) is 0 Å². The topological polar surface area (TPSA) is 95.0 Å². The summed E-state index contributed by atoms with van der Waals surface area (Å²) in [5, 5.41) is 13.5. The van der Waals surface area contributed by atoms with Gasteiger partial charge in [0, 0.05) is 50.2 Å². The third-order valence-corrected chi connectivity index (χ3v) is 6.74. The summed E-state index contributed by atoms with van der Waals surface area (Å²) in [6, 6.07) is 0. The maximum atomic E-state index is 11.7. The first-order valence-electron chi connectivity index (χ1n) is 9.09. The molecule has 1 atom stereocenters. The molecule has 4 rings (SSSR count). The number of morpholine rings is 1. The summed E-state index contributed by atoms with van der Waals surface area (Å²) in [7, 11) is 0. The molecule has 0 radical (unpaired) electrons. The average Bonchev–Trinajstić information content (AvgIpc) is 3.23. The summed E-state index contributed by atoms with van der Waals surface area (Å²) in [5.74, 6) is -1.61. The number of amides is 1. The predicted molar refractivity (Wildman–Crippen MR) is 96.3 cm³/mol. The molecular formula is C17H24N4O4S. The number of piperidine rings is 1. The van der Waals surface area contributed by atoms with E-state index in [0.29, 0.717) is 12.8 Å². The second-order valence-electron chi connectivity index (χ2n) is 7.28. The average molecular weight is 380 g/mol. The van der Waals surface area contributed by atoms with E-state index in [1.807, 2.05) is 6.20 Å². The fourth-order valence-electron chi connectivity index (χ4n) is 4.20. The lowest BCUT2D eigenvalue weighted by Crippen LogP contribution is -2.55. The van der Waals surface area contributed by atoms with Gasteiger partial charge in [0.25, 0.3) is 0 Å². The smallest absolute Gasteiger partial charge is 0.309 e. The molecule has 4 heterocycles. The maximum Gasteiger partial charge on any atom is 0.309 e. The van der Waals surface area contributed by atoms with E-state index in [2.05, 4.69) is 20.1 Å². The first kappa shape index (κ1) is 17.7. The summed E-state index contributed by atoms with van der Waals surface area (Å²) in [4.78, 5) is 33.6. The van der Waals surface area contributed by atoms with Crippen LogP contribution in [0.4, 0.5) is 5.13 Å². The molecule has 3 aliphatic rings. The van der Waals surface area contributed by atoms with Crippen LogP contribution < -0.4 is 10.2 Å². The van der Waals surface area contributed by atoms with Crippen molar-refractivity contribution >= 4 is 28.3 Å². The van der Waals surface area contributed by atoms with Crippen LogP contribution in [0, 0.1) is 5.92 Å². The van der Waals surface area contributed by atoms with Crippen LogP contribution in [0.15, 0.2) is 6.20 Å². The fourth-order valence-corrected chi connectivity index (χ4v) is 5.20. The minimum Gasteiger partial charge on any atom is -0.481 e. The molecule has 2 N–H and O–H groups in total. The Hall–Kier alpha value is -1.71. The van der Waals surface area contributed by atoms with Crippen molar-refractivity contribution in [1.29, 1.82) is 0 Å². The highest BCUT2D eigenvalue weighted by atomic mass is 32.1. The molecule has 0 aromatic carbocycles. The molecule has 1 amide bonds. The van der Waals surface area contributed by atoms with Crippen molar-refractivity contribution in [2.75, 3.05) is 44.3 Å². The number of carboxylic acids is 1. The molecule has 8 nitrogen and oxygen atoms in total. The van der Waals surface area contributed by atoms with Gasteiger partial charge in [0.05, 0.1) is 24.7 Å². The van der Waals surface area contributed by atoms with E-state index in [9.17, 15) is 14.7 Å². The first-order chi connectivity index (χ1) is 12.6. The molecule has 3 fully saturated rings. The third-order valence-electron chi connectivity index (χ3n) is 5.69. The Morgan fingerprint density at radius 2 is 2.08 bits per heavy atom. The van der Waals surface area contributed by atoms with Gasteiger partial charge in [-0.05, 0) is 12.8 Å². The Morgan fingerprint density at radius 1 is 1.35 bits per heavy atom.